The summed E-state index contributed by atoms with van der Waals surface area (Å²) in [5.74, 6) is 0.737. The lowest BCUT2D eigenvalue weighted by Gasteiger charge is -2.31. The molecular formula is C8H17NO. The number of hydrogen-bond acceptors (Lipinski definition) is 2. The second-order valence-corrected chi connectivity index (χ2v) is 3.50. The van der Waals surface area contributed by atoms with Gasteiger partial charge in [0.15, 0.2) is 0 Å². The molecular weight excluding hydrogens is 126 g/mol. The second-order valence-electron chi connectivity index (χ2n) is 3.50. The second kappa shape index (κ2) is 3.35. The average molecular weight is 143 g/mol. The summed E-state index contributed by atoms with van der Waals surface area (Å²) in [5.41, 5.74) is 0. The lowest BCUT2D eigenvalue weighted by molar-refractivity contribution is 0.00626. The molecule has 0 aromatic carbocycles. The fourth-order valence-corrected chi connectivity index (χ4v) is 1.37. The van der Waals surface area contributed by atoms with Crippen molar-refractivity contribution in [3.05, 3.63) is 0 Å². The highest BCUT2D eigenvalue weighted by atomic mass is 16.5. The normalized spacial score (nSPS) is 34.8. The van der Waals surface area contributed by atoms with Crippen molar-refractivity contribution in [1.29, 1.82) is 0 Å². The molecule has 0 aromatic rings. The van der Waals surface area contributed by atoms with Crippen molar-refractivity contribution in [3.63, 3.8) is 0 Å². The summed E-state index contributed by atoms with van der Waals surface area (Å²) in [6.45, 7) is 4.11. The molecule has 1 heterocycles. The number of rotatable bonds is 1. The third kappa shape index (κ3) is 1.96. The summed E-state index contributed by atoms with van der Waals surface area (Å²) in [5, 5.41) is 0. The summed E-state index contributed by atoms with van der Waals surface area (Å²) in [4.78, 5) is 2.25. The van der Waals surface area contributed by atoms with Gasteiger partial charge in [-0.25, -0.2) is 0 Å². The van der Waals surface area contributed by atoms with Gasteiger partial charge in [-0.1, -0.05) is 6.92 Å². The van der Waals surface area contributed by atoms with Crippen LogP contribution in [0.5, 0.6) is 0 Å². The average Bonchev–Trinajstić information content (AvgIpc) is 1.88. The van der Waals surface area contributed by atoms with Gasteiger partial charge in [-0.3, -0.25) is 0 Å². The van der Waals surface area contributed by atoms with E-state index in [0.29, 0.717) is 6.04 Å². The molecule has 10 heavy (non-hydrogen) atoms. The van der Waals surface area contributed by atoms with Crippen LogP contribution < -0.4 is 0 Å². The highest BCUT2D eigenvalue weighted by Gasteiger charge is 2.20. The molecule has 1 aliphatic heterocycles. The molecule has 0 saturated carbocycles. The molecule has 1 rings (SSSR count). The first kappa shape index (κ1) is 8.02. The van der Waals surface area contributed by atoms with Gasteiger partial charge in [-0.2, -0.15) is 0 Å². The Morgan fingerprint density at radius 3 is 2.40 bits per heavy atom. The van der Waals surface area contributed by atoms with Crippen LogP contribution in [-0.2, 0) is 4.74 Å². The molecule has 0 spiro atoms. The fourth-order valence-electron chi connectivity index (χ4n) is 1.37. The molecule has 2 nitrogen and oxygen atoms in total. The minimum absolute atomic E-state index is 0.642. The Morgan fingerprint density at radius 2 is 2.00 bits per heavy atom. The maximum atomic E-state index is 5.41. The van der Waals surface area contributed by atoms with E-state index < -0.39 is 0 Å². The predicted octanol–water partition coefficient (Wildman–Crippen LogP) is 0.973. The van der Waals surface area contributed by atoms with E-state index in [1.165, 1.54) is 6.42 Å². The SMILES string of the molecule is CC1COCC(N(C)C)C1. The molecule has 0 bridgehead atoms. The Labute approximate surface area is 63.2 Å². The summed E-state index contributed by atoms with van der Waals surface area (Å²) in [6, 6.07) is 0.642. The summed E-state index contributed by atoms with van der Waals surface area (Å²) in [7, 11) is 4.23. The first-order chi connectivity index (χ1) is 4.70. The molecule has 2 unspecified atom stereocenters. The minimum Gasteiger partial charge on any atom is -0.380 e. The standard InChI is InChI=1S/C8H17NO/c1-7-4-8(9(2)3)6-10-5-7/h7-8H,4-6H2,1-3H3. The molecule has 1 saturated heterocycles. The van der Waals surface area contributed by atoms with Crippen LogP contribution in [0.3, 0.4) is 0 Å². The molecule has 2 heteroatoms. The largest absolute Gasteiger partial charge is 0.380 e. The van der Waals surface area contributed by atoms with E-state index in [1.807, 2.05) is 0 Å². The number of hydrogen-bond donors (Lipinski definition) is 0. The number of ether oxygens (including phenoxy) is 1. The van der Waals surface area contributed by atoms with Crippen LogP contribution in [0.2, 0.25) is 0 Å². The van der Waals surface area contributed by atoms with Gasteiger partial charge in [-0.05, 0) is 26.4 Å². The predicted molar refractivity (Wildman–Crippen MR) is 42.1 cm³/mol. The third-order valence-corrected chi connectivity index (χ3v) is 2.12. The molecule has 1 aliphatic rings. The van der Waals surface area contributed by atoms with Gasteiger partial charge in [0, 0.05) is 12.6 Å². The Hall–Kier alpha value is -0.0800. The van der Waals surface area contributed by atoms with E-state index >= 15 is 0 Å². The smallest absolute Gasteiger partial charge is 0.0621 e. The van der Waals surface area contributed by atoms with Crippen LogP contribution in [0.15, 0.2) is 0 Å². The fraction of sp³-hybridized carbons (Fsp3) is 1.00. The highest BCUT2D eigenvalue weighted by Crippen LogP contribution is 2.15. The summed E-state index contributed by atoms with van der Waals surface area (Å²) in [6.07, 6.45) is 1.28. The minimum atomic E-state index is 0.642. The van der Waals surface area contributed by atoms with Crippen molar-refractivity contribution in [2.24, 2.45) is 5.92 Å². The summed E-state index contributed by atoms with van der Waals surface area (Å²) >= 11 is 0. The van der Waals surface area contributed by atoms with Crippen LogP contribution in [0.1, 0.15) is 13.3 Å². The lowest BCUT2D eigenvalue weighted by Crippen LogP contribution is -2.38. The van der Waals surface area contributed by atoms with Gasteiger partial charge in [-0.15, -0.1) is 0 Å². The van der Waals surface area contributed by atoms with Crippen LogP contribution >= 0.6 is 0 Å². The highest BCUT2D eigenvalue weighted by molar-refractivity contribution is 4.72. The quantitative estimate of drug-likeness (QED) is 0.542. The third-order valence-electron chi connectivity index (χ3n) is 2.12. The summed E-state index contributed by atoms with van der Waals surface area (Å²) < 4.78 is 5.41. The monoisotopic (exact) mass is 143 g/mol. The van der Waals surface area contributed by atoms with Crippen molar-refractivity contribution in [1.82, 2.24) is 4.90 Å². The van der Waals surface area contributed by atoms with Crippen molar-refractivity contribution in [2.75, 3.05) is 27.3 Å². The van der Waals surface area contributed by atoms with Crippen LogP contribution in [0, 0.1) is 5.92 Å². The van der Waals surface area contributed by atoms with Crippen LogP contribution in [-0.4, -0.2) is 38.3 Å². The van der Waals surface area contributed by atoms with Gasteiger partial charge in [0.05, 0.1) is 6.61 Å². The Kier molecular flexibility index (Phi) is 2.69. The van der Waals surface area contributed by atoms with Gasteiger partial charge >= 0.3 is 0 Å². The molecule has 1 fully saturated rings. The topological polar surface area (TPSA) is 12.5 Å². The van der Waals surface area contributed by atoms with Gasteiger partial charge in [0.25, 0.3) is 0 Å². The zero-order valence-corrected chi connectivity index (χ0v) is 7.13. The Balaban J connectivity index is 2.32. The molecule has 0 amide bonds. The zero-order valence-electron chi connectivity index (χ0n) is 7.13. The maximum Gasteiger partial charge on any atom is 0.0621 e. The van der Waals surface area contributed by atoms with Crippen LogP contribution in [0.25, 0.3) is 0 Å². The molecule has 0 aromatic heterocycles. The van der Waals surface area contributed by atoms with Gasteiger partial charge < -0.3 is 9.64 Å². The molecule has 0 radical (unpaired) electrons. The van der Waals surface area contributed by atoms with E-state index in [1.54, 1.807) is 0 Å². The van der Waals surface area contributed by atoms with Crippen molar-refractivity contribution in [2.45, 2.75) is 19.4 Å². The van der Waals surface area contributed by atoms with Crippen molar-refractivity contribution in [3.8, 4) is 0 Å². The van der Waals surface area contributed by atoms with Crippen molar-refractivity contribution >= 4 is 0 Å². The number of likely N-dealkylation sites (N-methyl/N-ethyl adjacent to an activating group) is 1. The molecule has 0 N–H and O–H groups in total. The Morgan fingerprint density at radius 1 is 1.30 bits per heavy atom. The lowest BCUT2D eigenvalue weighted by atomic mass is 10.0. The van der Waals surface area contributed by atoms with Gasteiger partial charge in [0.2, 0.25) is 0 Å². The van der Waals surface area contributed by atoms with E-state index in [4.69, 9.17) is 4.74 Å². The first-order valence-corrected chi connectivity index (χ1v) is 3.94. The maximum absolute atomic E-state index is 5.41. The van der Waals surface area contributed by atoms with Gasteiger partial charge in [0.1, 0.15) is 0 Å². The zero-order chi connectivity index (χ0) is 7.56. The molecule has 2 atom stereocenters. The van der Waals surface area contributed by atoms with Crippen LogP contribution in [0.4, 0.5) is 0 Å². The van der Waals surface area contributed by atoms with E-state index in [9.17, 15) is 0 Å². The molecule has 60 valence electrons. The Bertz CT molecular complexity index is 103. The first-order valence-electron chi connectivity index (χ1n) is 3.94. The number of nitrogens with zero attached hydrogens (tertiary/aromatic N) is 1. The van der Waals surface area contributed by atoms with E-state index in [-0.39, 0.29) is 0 Å². The van der Waals surface area contributed by atoms with E-state index in [2.05, 4.69) is 25.9 Å². The molecule has 0 aliphatic carbocycles. The van der Waals surface area contributed by atoms with E-state index in [0.717, 1.165) is 19.1 Å². The van der Waals surface area contributed by atoms with Crippen molar-refractivity contribution < 1.29 is 4.74 Å².